The molecule has 1 aromatic carbocycles. The first-order valence-corrected chi connectivity index (χ1v) is 7.12. The van der Waals surface area contributed by atoms with Crippen molar-refractivity contribution in [3.8, 4) is 5.75 Å². The van der Waals surface area contributed by atoms with Crippen LogP contribution in [0.2, 0.25) is 0 Å². The van der Waals surface area contributed by atoms with Crippen LogP contribution in [0.1, 0.15) is 19.8 Å². The zero-order chi connectivity index (χ0) is 13.4. The first-order chi connectivity index (χ1) is 9.13. The quantitative estimate of drug-likeness (QED) is 0.884. The van der Waals surface area contributed by atoms with Gasteiger partial charge in [0, 0.05) is 30.9 Å². The average molecular weight is 261 g/mol. The van der Waals surface area contributed by atoms with E-state index in [4.69, 9.17) is 4.74 Å². The molecule has 1 fully saturated rings. The third-order valence-corrected chi connectivity index (χ3v) is 4.19. The molecule has 0 aromatic heterocycles. The van der Waals surface area contributed by atoms with Gasteiger partial charge in [0.25, 0.3) is 0 Å². The molecule has 3 rings (SSSR count). The molecule has 1 atom stereocenters. The lowest BCUT2D eigenvalue weighted by atomic mass is 10.0. The van der Waals surface area contributed by atoms with E-state index in [0.29, 0.717) is 0 Å². The molecule has 2 aliphatic heterocycles. The highest BCUT2D eigenvalue weighted by atomic mass is 16.5. The van der Waals surface area contributed by atoms with Gasteiger partial charge in [-0.15, -0.1) is 0 Å². The maximum atomic E-state index is 5.75. The predicted octanol–water partition coefficient (Wildman–Crippen LogP) is 2.37. The van der Waals surface area contributed by atoms with Crippen LogP contribution >= 0.6 is 0 Å². The van der Waals surface area contributed by atoms with Gasteiger partial charge in [0.15, 0.2) is 6.23 Å². The van der Waals surface area contributed by atoms with Crippen molar-refractivity contribution in [2.75, 3.05) is 37.4 Å². The molecule has 104 valence electrons. The molecular formula is C15H23N3O. The van der Waals surface area contributed by atoms with Gasteiger partial charge >= 0.3 is 0 Å². The average Bonchev–Trinajstić information content (AvgIpc) is 2.77. The zero-order valence-electron chi connectivity index (χ0n) is 12.0. The standard InChI is InChI=1S/C15H23N3O/c1-11-16-14-5-4-13(10-15(14)19-11)18-8-6-12(7-9-18)17(2)3/h4-5,10-12,16H,6-9H2,1-3H3. The van der Waals surface area contributed by atoms with Gasteiger partial charge in [-0.3, -0.25) is 0 Å². The van der Waals surface area contributed by atoms with Crippen LogP contribution in [-0.4, -0.2) is 44.4 Å². The van der Waals surface area contributed by atoms with Crippen molar-refractivity contribution in [3.05, 3.63) is 18.2 Å². The third kappa shape index (κ3) is 2.50. The molecule has 1 unspecified atom stereocenters. The second kappa shape index (κ2) is 4.93. The van der Waals surface area contributed by atoms with Crippen LogP contribution in [0.15, 0.2) is 18.2 Å². The molecule has 1 saturated heterocycles. The fraction of sp³-hybridized carbons (Fsp3) is 0.600. The van der Waals surface area contributed by atoms with Crippen LogP contribution in [-0.2, 0) is 0 Å². The van der Waals surface area contributed by atoms with E-state index in [-0.39, 0.29) is 6.23 Å². The van der Waals surface area contributed by atoms with Crippen LogP contribution in [0, 0.1) is 0 Å². The van der Waals surface area contributed by atoms with Gasteiger partial charge in [-0.2, -0.15) is 0 Å². The van der Waals surface area contributed by atoms with E-state index in [1.807, 2.05) is 6.92 Å². The van der Waals surface area contributed by atoms with Crippen molar-refractivity contribution in [2.24, 2.45) is 0 Å². The molecule has 0 bridgehead atoms. The highest BCUT2D eigenvalue weighted by Gasteiger charge is 2.23. The summed E-state index contributed by atoms with van der Waals surface area (Å²) in [4.78, 5) is 4.81. The molecule has 4 nitrogen and oxygen atoms in total. The fourth-order valence-corrected chi connectivity index (χ4v) is 3.00. The second-order valence-electron chi connectivity index (χ2n) is 5.77. The van der Waals surface area contributed by atoms with Crippen molar-refractivity contribution in [1.82, 2.24) is 4.90 Å². The van der Waals surface area contributed by atoms with Crippen molar-refractivity contribution in [3.63, 3.8) is 0 Å². The largest absolute Gasteiger partial charge is 0.469 e. The van der Waals surface area contributed by atoms with Gasteiger partial charge in [0.05, 0.1) is 5.69 Å². The van der Waals surface area contributed by atoms with E-state index in [0.717, 1.165) is 30.6 Å². The molecule has 0 amide bonds. The summed E-state index contributed by atoms with van der Waals surface area (Å²) in [6.07, 6.45) is 2.56. The maximum Gasteiger partial charge on any atom is 0.167 e. The Hall–Kier alpha value is -1.42. The molecular weight excluding hydrogens is 238 g/mol. The third-order valence-electron chi connectivity index (χ3n) is 4.19. The summed E-state index contributed by atoms with van der Waals surface area (Å²) in [6, 6.07) is 7.22. The van der Waals surface area contributed by atoms with Crippen LogP contribution in [0.5, 0.6) is 5.75 Å². The number of ether oxygens (including phenoxy) is 1. The van der Waals surface area contributed by atoms with Gasteiger partial charge in [-0.25, -0.2) is 0 Å². The molecule has 2 heterocycles. The first kappa shape index (κ1) is 12.6. The summed E-state index contributed by atoms with van der Waals surface area (Å²) in [5, 5.41) is 3.30. The number of anilines is 2. The fourth-order valence-electron chi connectivity index (χ4n) is 3.00. The Labute approximate surface area is 115 Å². The normalized spacial score (nSPS) is 23.2. The van der Waals surface area contributed by atoms with E-state index in [1.54, 1.807) is 0 Å². The number of piperidine rings is 1. The maximum absolute atomic E-state index is 5.75. The van der Waals surface area contributed by atoms with Crippen LogP contribution in [0.4, 0.5) is 11.4 Å². The Balaban J connectivity index is 1.69. The molecule has 1 aromatic rings. The molecule has 0 spiro atoms. The molecule has 1 N–H and O–H groups in total. The highest BCUT2D eigenvalue weighted by molar-refractivity contribution is 5.67. The van der Waals surface area contributed by atoms with E-state index < -0.39 is 0 Å². The van der Waals surface area contributed by atoms with Gasteiger partial charge < -0.3 is 19.9 Å². The molecule has 19 heavy (non-hydrogen) atoms. The lowest BCUT2D eigenvalue weighted by Crippen LogP contribution is -2.41. The smallest absolute Gasteiger partial charge is 0.167 e. The summed E-state index contributed by atoms with van der Waals surface area (Å²) < 4.78 is 5.75. The summed E-state index contributed by atoms with van der Waals surface area (Å²) in [7, 11) is 4.35. The number of nitrogens with zero attached hydrogens (tertiary/aromatic N) is 2. The van der Waals surface area contributed by atoms with Crippen molar-refractivity contribution in [2.45, 2.75) is 32.0 Å². The number of benzene rings is 1. The SMILES string of the molecule is CC1Nc2ccc(N3CCC(N(C)C)CC3)cc2O1. The summed E-state index contributed by atoms with van der Waals surface area (Å²) >= 11 is 0. The zero-order valence-corrected chi connectivity index (χ0v) is 12.0. The van der Waals surface area contributed by atoms with Crippen LogP contribution < -0.4 is 15.0 Å². The Morgan fingerprint density at radius 2 is 2.00 bits per heavy atom. The molecule has 2 aliphatic rings. The monoisotopic (exact) mass is 261 g/mol. The number of nitrogens with one attached hydrogen (secondary N) is 1. The molecule has 0 aliphatic carbocycles. The Morgan fingerprint density at radius 1 is 1.26 bits per heavy atom. The number of hydrogen-bond donors (Lipinski definition) is 1. The summed E-state index contributed by atoms with van der Waals surface area (Å²) in [5.41, 5.74) is 2.39. The van der Waals surface area contributed by atoms with Crippen LogP contribution in [0.25, 0.3) is 0 Å². The Kier molecular flexibility index (Phi) is 3.27. The van der Waals surface area contributed by atoms with Crippen molar-refractivity contribution >= 4 is 11.4 Å². The van der Waals surface area contributed by atoms with E-state index in [1.165, 1.54) is 18.5 Å². The number of fused-ring (bicyclic) bond motifs is 1. The van der Waals surface area contributed by atoms with Gasteiger partial charge in [-0.05, 0) is 46.0 Å². The summed E-state index contributed by atoms with van der Waals surface area (Å²) in [5.74, 6) is 0.986. The minimum absolute atomic E-state index is 0.0877. The first-order valence-electron chi connectivity index (χ1n) is 7.12. The van der Waals surface area contributed by atoms with E-state index in [2.05, 4.69) is 47.4 Å². The second-order valence-corrected chi connectivity index (χ2v) is 5.77. The molecule has 0 radical (unpaired) electrons. The van der Waals surface area contributed by atoms with Crippen LogP contribution in [0.3, 0.4) is 0 Å². The lowest BCUT2D eigenvalue weighted by molar-refractivity contribution is 0.249. The van der Waals surface area contributed by atoms with E-state index >= 15 is 0 Å². The van der Waals surface area contributed by atoms with E-state index in [9.17, 15) is 0 Å². The topological polar surface area (TPSA) is 27.7 Å². The summed E-state index contributed by atoms with van der Waals surface area (Å²) in [6.45, 7) is 4.29. The predicted molar refractivity (Wildman–Crippen MR) is 79.1 cm³/mol. The number of rotatable bonds is 2. The van der Waals surface area contributed by atoms with Gasteiger partial charge in [-0.1, -0.05) is 0 Å². The lowest BCUT2D eigenvalue weighted by Gasteiger charge is -2.36. The van der Waals surface area contributed by atoms with Gasteiger partial charge in [0.2, 0.25) is 0 Å². The van der Waals surface area contributed by atoms with Crippen molar-refractivity contribution < 1.29 is 4.74 Å². The Morgan fingerprint density at radius 3 is 2.68 bits per heavy atom. The van der Waals surface area contributed by atoms with Crippen molar-refractivity contribution in [1.29, 1.82) is 0 Å². The Bertz CT molecular complexity index is 453. The minimum Gasteiger partial charge on any atom is -0.469 e. The molecule has 0 saturated carbocycles. The molecule has 4 heteroatoms. The van der Waals surface area contributed by atoms with Gasteiger partial charge in [0.1, 0.15) is 5.75 Å². The highest BCUT2D eigenvalue weighted by Crippen LogP contribution is 2.36. The minimum atomic E-state index is 0.0877. The number of hydrogen-bond acceptors (Lipinski definition) is 4.